The van der Waals surface area contributed by atoms with Gasteiger partial charge >= 0.3 is 0 Å². The van der Waals surface area contributed by atoms with Crippen molar-refractivity contribution in [3.8, 4) is 17.0 Å². The first kappa shape index (κ1) is 13.6. The lowest BCUT2D eigenvalue weighted by Crippen LogP contribution is -1.94. The van der Waals surface area contributed by atoms with Crippen molar-refractivity contribution in [2.75, 3.05) is 6.61 Å². The zero-order chi connectivity index (χ0) is 14.7. The number of pyridine rings is 1. The Kier molecular flexibility index (Phi) is 3.88. The number of aliphatic hydroxyl groups excluding tert-OH is 1. The molecule has 2 heterocycles. The minimum absolute atomic E-state index is 0.0346. The number of ether oxygens (including phenoxy) is 1. The van der Waals surface area contributed by atoms with Gasteiger partial charge in [0.15, 0.2) is 0 Å². The van der Waals surface area contributed by atoms with Gasteiger partial charge in [0.05, 0.1) is 18.9 Å². The van der Waals surface area contributed by atoms with Crippen molar-refractivity contribution >= 4 is 5.65 Å². The highest BCUT2D eigenvalue weighted by Crippen LogP contribution is 2.22. The first-order valence-corrected chi connectivity index (χ1v) is 7.12. The fourth-order valence-corrected chi connectivity index (χ4v) is 2.21. The van der Waals surface area contributed by atoms with Crippen LogP contribution in [-0.4, -0.2) is 21.1 Å². The second-order valence-electron chi connectivity index (χ2n) is 4.96. The van der Waals surface area contributed by atoms with E-state index >= 15 is 0 Å². The molecule has 108 valence electrons. The quantitative estimate of drug-likeness (QED) is 0.781. The number of benzene rings is 1. The Hall–Kier alpha value is -2.33. The zero-order valence-corrected chi connectivity index (χ0v) is 12.0. The molecule has 0 spiro atoms. The van der Waals surface area contributed by atoms with E-state index in [1.54, 1.807) is 0 Å². The minimum Gasteiger partial charge on any atom is -0.494 e. The van der Waals surface area contributed by atoms with Crippen LogP contribution in [-0.2, 0) is 6.61 Å². The van der Waals surface area contributed by atoms with E-state index in [1.807, 2.05) is 53.2 Å². The number of aromatic nitrogens is 2. The Morgan fingerprint density at radius 3 is 2.62 bits per heavy atom. The molecule has 0 aliphatic heterocycles. The number of rotatable bonds is 5. The third-order valence-electron chi connectivity index (χ3n) is 3.32. The molecule has 0 unspecified atom stereocenters. The van der Waals surface area contributed by atoms with Crippen LogP contribution in [0.3, 0.4) is 0 Å². The molecule has 0 saturated heterocycles. The average molecular weight is 282 g/mol. The smallest absolute Gasteiger partial charge is 0.137 e. The van der Waals surface area contributed by atoms with Crippen LogP contribution in [0.4, 0.5) is 0 Å². The van der Waals surface area contributed by atoms with Gasteiger partial charge < -0.3 is 14.2 Å². The number of aliphatic hydroxyl groups is 1. The van der Waals surface area contributed by atoms with Gasteiger partial charge in [-0.2, -0.15) is 0 Å². The molecule has 4 nitrogen and oxygen atoms in total. The van der Waals surface area contributed by atoms with Gasteiger partial charge in [-0.05, 0) is 42.3 Å². The predicted octanol–water partition coefficient (Wildman–Crippen LogP) is 3.28. The fourth-order valence-electron chi connectivity index (χ4n) is 2.21. The highest BCUT2D eigenvalue weighted by atomic mass is 16.5. The number of hydrogen-bond donors (Lipinski definition) is 1. The van der Waals surface area contributed by atoms with Gasteiger partial charge in [-0.15, -0.1) is 0 Å². The van der Waals surface area contributed by atoms with E-state index in [2.05, 4.69) is 11.9 Å². The lowest BCUT2D eigenvalue weighted by molar-refractivity contribution is 0.281. The van der Waals surface area contributed by atoms with E-state index in [4.69, 9.17) is 4.74 Å². The summed E-state index contributed by atoms with van der Waals surface area (Å²) in [6, 6.07) is 11.8. The van der Waals surface area contributed by atoms with Crippen LogP contribution >= 0.6 is 0 Å². The van der Waals surface area contributed by atoms with Crippen LogP contribution in [0.2, 0.25) is 0 Å². The van der Waals surface area contributed by atoms with Crippen molar-refractivity contribution in [1.82, 2.24) is 9.38 Å². The first-order chi connectivity index (χ1) is 10.3. The molecule has 1 aromatic carbocycles. The van der Waals surface area contributed by atoms with Crippen LogP contribution in [0.15, 0.2) is 48.8 Å². The standard InChI is InChI=1S/C17H18N2O2/c1-2-9-21-15-6-4-14(5-7-15)16-11-19-10-13(12-20)3-8-17(19)18-16/h3-8,10-11,20H,2,9,12H2,1H3. The van der Waals surface area contributed by atoms with Gasteiger partial charge in [0.25, 0.3) is 0 Å². The van der Waals surface area contributed by atoms with Crippen LogP contribution in [0, 0.1) is 0 Å². The minimum atomic E-state index is 0.0346. The normalized spacial score (nSPS) is 11.0. The van der Waals surface area contributed by atoms with Crippen LogP contribution in [0.1, 0.15) is 18.9 Å². The third kappa shape index (κ3) is 2.90. The van der Waals surface area contributed by atoms with Crippen molar-refractivity contribution in [2.45, 2.75) is 20.0 Å². The summed E-state index contributed by atoms with van der Waals surface area (Å²) in [6.45, 7) is 2.86. The maximum absolute atomic E-state index is 9.17. The molecule has 4 heteroatoms. The summed E-state index contributed by atoms with van der Waals surface area (Å²) in [5.74, 6) is 0.881. The Morgan fingerprint density at radius 2 is 1.90 bits per heavy atom. The van der Waals surface area contributed by atoms with Crippen molar-refractivity contribution < 1.29 is 9.84 Å². The Morgan fingerprint density at radius 1 is 1.10 bits per heavy atom. The second kappa shape index (κ2) is 5.97. The van der Waals surface area contributed by atoms with Gasteiger partial charge in [0, 0.05) is 18.0 Å². The largest absolute Gasteiger partial charge is 0.494 e. The van der Waals surface area contributed by atoms with Crippen molar-refractivity contribution in [1.29, 1.82) is 0 Å². The Bertz CT molecular complexity index is 732. The molecule has 3 aromatic rings. The van der Waals surface area contributed by atoms with Crippen molar-refractivity contribution in [3.05, 3.63) is 54.4 Å². The first-order valence-electron chi connectivity index (χ1n) is 7.12. The highest BCUT2D eigenvalue weighted by Gasteiger charge is 2.05. The summed E-state index contributed by atoms with van der Waals surface area (Å²) >= 11 is 0. The molecule has 1 N–H and O–H groups in total. The molecule has 0 radical (unpaired) electrons. The van der Waals surface area contributed by atoms with Gasteiger partial charge in [-0.1, -0.05) is 13.0 Å². The molecule has 0 amide bonds. The average Bonchev–Trinajstić information content (AvgIpc) is 2.96. The highest BCUT2D eigenvalue weighted by molar-refractivity contribution is 5.63. The summed E-state index contributed by atoms with van der Waals surface area (Å²) in [4.78, 5) is 4.59. The number of nitrogens with zero attached hydrogens (tertiary/aromatic N) is 2. The third-order valence-corrected chi connectivity index (χ3v) is 3.32. The van der Waals surface area contributed by atoms with E-state index in [9.17, 15) is 5.11 Å². The van der Waals surface area contributed by atoms with E-state index in [0.717, 1.165) is 41.2 Å². The monoisotopic (exact) mass is 282 g/mol. The molecule has 0 fully saturated rings. The van der Waals surface area contributed by atoms with Crippen molar-refractivity contribution in [2.24, 2.45) is 0 Å². The molecule has 0 atom stereocenters. The second-order valence-corrected chi connectivity index (χ2v) is 4.96. The summed E-state index contributed by atoms with van der Waals surface area (Å²) in [5.41, 5.74) is 3.70. The number of fused-ring (bicyclic) bond motifs is 1. The molecule has 0 aliphatic carbocycles. The SMILES string of the molecule is CCCOc1ccc(-c2cn3cc(CO)ccc3n2)cc1. The fraction of sp³-hybridized carbons (Fsp3) is 0.235. The summed E-state index contributed by atoms with van der Waals surface area (Å²) < 4.78 is 7.51. The van der Waals surface area contributed by atoms with Crippen molar-refractivity contribution in [3.63, 3.8) is 0 Å². The van der Waals surface area contributed by atoms with E-state index in [-0.39, 0.29) is 6.61 Å². The Balaban J connectivity index is 1.89. The van der Waals surface area contributed by atoms with Gasteiger partial charge in [-0.3, -0.25) is 0 Å². The lowest BCUT2D eigenvalue weighted by atomic mass is 10.2. The van der Waals surface area contributed by atoms with Gasteiger partial charge in [0.1, 0.15) is 11.4 Å². The Labute approximate surface area is 123 Å². The maximum Gasteiger partial charge on any atom is 0.137 e. The molecule has 0 saturated carbocycles. The van der Waals surface area contributed by atoms with Gasteiger partial charge in [0.2, 0.25) is 0 Å². The maximum atomic E-state index is 9.17. The van der Waals surface area contributed by atoms with Crippen LogP contribution in [0.25, 0.3) is 16.9 Å². The van der Waals surface area contributed by atoms with E-state index < -0.39 is 0 Å². The zero-order valence-electron chi connectivity index (χ0n) is 12.0. The van der Waals surface area contributed by atoms with E-state index in [1.165, 1.54) is 0 Å². The summed E-state index contributed by atoms with van der Waals surface area (Å²) in [5, 5.41) is 9.17. The lowest BCUT2D eigenvalue weighted by Gasteiger charge is -2.04. The predicted molar refractivity (Wildman–Crippen MR) is 82.3 cm³/mol. The molecular weight excluding hydrogens is 264 g/mol. The van der Waals surface area contributed by atoms with Crippen LogP contribution < -0.4 is 4.74 Å². The molecule has 2 aromatic heterocycles. The molecule has 21 heavy (non-hydrogen) atoms. The molecule has 3 rings (SSSR count). The molecule has 0 bridgehead atoms. The topological polar surface area (TPSA) is 46.8 Å². The summed E-state index contributed by atoms with van der Waals surface area (Å²) in [6.07, 6.45) is 4.86. The number of imidazole rings is 1. The molecular formula is C17H18N2O2. The van der Waals surface area contributed by atoms with Crippen LogP contribution in [0.5, 0.6) is 5.75 Å². The number of hydrogen-bond acceptors (Lipinski definition) is 3. The van der Waals surface area contributed by atoms with E-state index in [0.29, 0.717) is 0 Å². The molecule has 0 aliphatic rings. The van der Waals surface area contributed by atoms with Gasteiger partial charge in [-0.25, -0.2) is 4.98 Å². The summed E-state index contributed by atoms with van der Waals surface area (Å²) in [7, 11) is 0.